The minimum absolute atomic E-state index is 0.568. The van der Waals surface area contributed by atoms with Gasteiger partial charge in [-0.2, -0.15) is 0 Å². The topological polar surface area (TPSA) is 43.7 Å². The summed E-state index contributed by atoms with van der Waals surface area (Å²) in [5.41, 5.74) is 1.84. The Hall–Kier alpha value is -0.835. The maximum atomic E-state index is 9.07. The molecule has 0 heterocycles. The van der Waals surface area contributed by atoms with Crippen LogP contribution in [0.2, 0.25) is 0 Å². The lowest BCUT2D eigenvalue weighted by molar-refractivity contribution is 0.244. The third kappa shape index (κ3) is 3.13. The van der Waals surface area contributed by atoms with Crippen molar-refractivity contribution in [1.82, 2.24) is 4.90 Å². The highest BCUT2D eigenvalue weighted by Crippen LogP contribution is 2.35. The van der Waals surface area contributed by atoms with Crippen LogP contribution in [0.25, 0.3) is 0 Å². The minimum atomic E-state index is -1.36. The third-order valence-corrected chi connectivity index (χ3v) is 3.92. The summed E-state index contributed by atoms with van der Waals surface area (Å²) in [6.07, 6.45) is 5.50. The lowest BCUT2D eigenvalue weighted by Gasteiger charge is -2.22. The maximum absolute atomic E-state index is 9.07. The molecule has 0 saturated heterocycles. The van der Waals surface area contributed by atoms with Gasteiger partial charge < -0.3 is 10.0 Å². The first-order valence-corrected chi connectivity index (χ1v) is 6.91. The lowest BCUT2D eigenvalue weighted by Crippen LogP contribution is -2.30. The van der Waals surface area contributed by atoms with Crippen LogP contribution in [-0.2, 0) is 6.54 Å². The molecule has 3 nitrogen and oxygen atoms in total. The van der Waals surface area contributed by atoms with Gasteiger partial charge in [-0.1, -0.05) is 24.3 Å². The smallest absolute Gasteiger partial charge is 0.423 e. The van der Waals surface area contributed by atoms with Crippen LogP contribution in [0.5, 0.6) is 0 Å². The van der Waals surface area contributed by atoms with Gasteiger partial charge in [-0.05, 0) is 42.6 Å². The maximum Gasteiger partial charge on any atom is 0.488 e. The van der Waals surface area contributed by atoms with Gasteiger partial charge in [0.15, 0.2) is 0 Å². The highest BCUT2D eigenvalue weighted by atomic mass is 16.4. The van der Waals surface area contributed by atoms with Gasteiger partial charge in [0, 0.05) is 19.1 Å². The number of nitrogens with zero attached hydrogens (tertiary/aromatic N) is 1. The van der Waals surface area contributed by atoms with E-state index in [1.54, 1.807) is 0 Å². The van der Waals surface area contributed by atoms with Gasteiger partial charge in [-0.25, -0.2) is 0 Å². The van der Waals surface area contributed by atoms with Gasteiger partial charge in [-0.3, -0.25) is 4.90 Å². The molecule has 18 heavy (non-hydrogen) atoms. The predicted octanol–water partition coefficient (Wildman–Crippen LogP) is 0.741. The number of hydrogen-bond donors (Lipinski definition) is 2. The zero-order valence-corrected chi connectivity index (χ0v) is 10.6. The van der Waals surface area contributed by atoms with Crippen LogP contribution in [0, 0.1) is 5.92 Å². The Morgan fingerprint density at radius 2 is 1.72 bits per heavy atom. The summed E-state index contributed by atoms with van der Waals surface area (Å²) in [6.45, 7) is 2.25. The molecule has 0 bridgehead atoms. The van der Waals surface area contributed by atoms with E-state index in [0.717, 1.165) is 18.5 Å². The van der Waals surface area contributed by atoms with Crippen molar-refractivity contribution in [3.63, 3.8) is 0 Å². The van der Waals surface area contributed by atoms with E-state index in [0.29, 0.717) is 5.46 Å². The van der Waals surface area contributed by atoms with Crippen LogP contribution < -0.4 is 5.46 Å². The zero-order chi connectivity index (χ0) is 12.5. The molecular weight excluding hydrogens is 225 g/mol. The molecule has 0 unspecified atom stereocenters. The highest BCUT2D eigenvalue weighted by molar-refractivity contribution is 6.58. The number of hydrogen-bond acceptors (Lipinski definition) is 3. The summed E-state index contributed by atoms with van der Waals surface area (Å²) in [5, 5.41) is 18.1. The molecule has 1 aromatic rings. The monoisotopic (exact) mass is 245 g/mol. The highest BCUT2D eigenvalue weighted by Gasteiger charge is 2.33. The molecule has 0 aliphatic heterocycles. The molecule has 2 saturated carbocycles. The van der Waals surface area contributed by atoms with Crippen molar-refractivity contribution in [2.75, 3.05) is 6.54 Å². The van der Waals surface area contributed by atoms with Crippen molar-refractivity contribution in [2.45, 2.75) is 38.3 Å². The molecule has 2 aliphatic rings. The van der Waals surface area contributed by atoms with Crippen molar-refractivity contribution in [3.8, 4) is 0 Å². The summed E-state index contributed by atoms with van der Waals surface area (Å²) < 4.78 is 0. The van der Waals surface area contributed by atoms with E-state index in [1.165, 1.54) is 37.8 Å². The predicted molar refractivity (Wildman–Crippen MR) is 72.4 cm³/mol. The molecule has 4 heteroatoms. The van der Waals surface area contributed by atoms with Crippen molar-refractivity contribution in [3.05, 3.63) is 29.8 Å². The van der Waals surface area contributed by atoms with Crippen LogP contribution in [0.4, 0.5) is 0 Å². The van der Waals surface area contributed by atoms with Crippen LogP contribution >= 0.6 is 0 Å². The molecule has 1 aromatic carbocycles. The first-order chi connectivity index (χ1) is 8.72. The quantitative estimate of drug-likeness (QED) is 0.726. The molecule has 3 rings (SSSR count). The summed E-state index contributed by atoms with van der Waals surface area (Å²) in [5.74, 6) is 0.934. The van der Waals surface area contributed by atoms with E-state index in [2.05, 4.69) is 4.90 Å². The number of rotatable bonds is 6. The number of benzene rings is 1. The van der Waals surface area contributed by atoms with Crippen LogP contribution in [0.15, 0.2) is 24.3 Å². The molecule has 2 N–H and O–H groups in total. The lowest BCUT2D eigenvalue weighted by atomic mass is 9.80. The average molecular weight is 245 g/mol. The van der Waals surface area contributed by atoms with Gasteiger partial charge in [0.2, 0.25) is 0 Å². The molecule has 0 aromatic heterocycles. The fraction of sp³-hybridized carbons (Fsp3) is 0.571. The molecule has 2 aliphatic carbocycles. The van der Waals surface area contributed by atoms with Crippen molar-refractivity contribution in [2.24, 2.45) is 5.92 Å². The van der Waals surface area contributed by atoms with Gasteiger partial charge in [0.25, 0.3) is 0 Å². The Labute approximate surface area is 109 Å². The Balaban J connectivity index is 1.62. The van der Waals surface area contributed by atoms with E-state index in [1.807, 2.05) is 24.3 Å². The molecule has 0 spiro atoms. The fourth-order valence-electron chi connectivity index (χ4n) is 2.44. The Morgan fingerprint density at radius 1 is 1.06 bits per heavy atom. The first-order valence-electron chi connectivity index (χ1n) is 6.91. The molecule has 0 atom stereocenters. The minimum Gasteiger partial charge on any atom is -0.423 e. The molecule has 96 valence electrons. The average Bonchev–Trinajstić information content (AvgIpc) is 3.23. The Bertz CT molecular complexity index is 399. The normalized spacial score (nSPS) is 19.3. The molecule has 0 amide bonds. The summed E-state index contributed by atoms with van der Waals surface area (Å²) in [6, 6.07) is 8.44. The van der Waals surface area contributed by atoms with Crippen molar-refractivity contribution < 1.29 is 10.0 Å². The van der Waals surface area contributed by atoms with Gasteiger partial charge in [0.05, 0.1) is 0 Å². The van der Waals surface area contributed by atoms with Crippen LogP contribution in [-0.4, -0.2) is 34.7 Å². The van der Waals surface area contributed by atoms with Crippen molar-refractivity contribution in [1.29, 1.82) is 0 Å². The standard InChI is InChI=1S/C14H20BNO2/c17-15(18)13-5-3-12(4-6-13)10-16(14-7-8-14)9-11-1-2-11/h3-6,11,14,17-18H,1-2,7-10H2. The first kappa shape index (κ1) is 12.2. The van der Waals surface area contributed by atoms with E-state index >= 15 is 0 Å². The van der Waals surface area contributed by atoms with Crippen LogP contribution in [0.3, 0.4) is 0 Å². The van der Waals surface area contributed by atoms with Gasteiger partial charge in [-0.15, -0.1) is 0 Å². The van der Waals surface area contributed by atoms with Crippen molar-refractivity contribution >= 4 is 12.6 Å². The van der Waals surface area contributed by atoms with Crippen LogP contribution in [0.1, 0.15) is 31.2 Å². The molecule has 0 radical (unpaired) electrons. The van der Waals surface area contributed by atoms with Gasteiger partial charge >= 0.3 is 7.12 Å². The summed E-state index contributed by atoms with van der Waals surface area (Å²) >= 11 is 0. The summed E-state index contributed by atoms with van der Waals surface area (Å²) in [4.78, 5) is 2.60. The Kier molecular flexibility index (Phi) is 3.42. The largest absolute Gasteiger partial charge is 0.488 e. The second kappa shape index (κ2) is 5.04. The second-order valence-corrected chi connectivity index (χ2v) is 5.72. The van der Waals surface area contributed by atoms with E-state index in [4.69, 9.17) is 10.0 Å². The summed E-state index contributed by atoms with van der Waals surface area (Å²) in [7, 11) is -1.36. The Morgan fingerprint density at radius 3 is 2.22 bits per heavy atom. The van der Waals surface area contributed by atoms with Gasteiger partial charge in [0.1, 0.15) is 0 Å². The van der Waals surface area contributed by atoms with E-state index in [9.17, 15) is 0 Å². The molecular formula is C14H20BNO2. The SMILES string of the molecule is OB(O)c1ccc(CN(CC2CC2)C2CC2)cc1. The zero-order valence-electron chi connectivity index (χ0n) is 10.6. The molecule has 2 fully saturated rings. The van der Waals surface area contributed by atoms with E-state index in [-0.39, 0.29) is 0 Å². The third-order valence-electron chi connectivity index (χ3n) is 3.92. The second-order valence-electron chi connectivity index (χ2n) is 5.72. The van der Waals surface area contributed by atoms with E-state index < -0.39 is 7.12 Å². The fourth-order valence-corrected chi connectivity index (χ4v) is 2.44.